The summed E-state index contributed by atoms with van der Waals surface area (Å²) < 4.78 is 0. The van der Waals surface area contributed by atoms with Crippen molar-refractivity contribution in [3.8, 4) is 0 Å². The average molecular weight is 340 g/mol. The maximum Gasteiger partial charge on any atom is 0.264 e. The number of carbonyl (C=O) groups excluding carboxylic acids is 2. The molecule has 0 saturated carbocycles. The summed E-state index contributed by atoms with van der Waals surface area (Å²) in [5.41, 5.74) is 2.08. The normalized spacial score (nSPS) is 17.0. The predicted octanol–water partition coefficient (Wildman–Crippen LogP) is 2.84. The van der Waals surface area contributed by atoms with Crippen LogP contribution in [0.5, 0.6) is 0 Å². The lowest BCUT2D eigenvalue weighted by atomic mass is 10.2. The van der Waals surface area contributed by atoms with Gasteiger partial charge in [0.05, 0.1) is 4.88 Å². The van der Waals surface area contributed by atoms with E-state index >= 15 is 0 Å². The minimum absolute atomic E-state index is 0.0535. The van der Waals surface area contributed by atoms with Crippen LogP contribution < -0.4 is 0 Å². The molecule has 4 rings (SSSR count). The summed E-state index contributed by atoms with van der Waals surface area (Å²) in [7, 11) is 0. The molecule has 2 heterocycles. The number of piperazine rings is 1. The molecular formula is C19H20N2O2S. The number of rotatable bonds is 2. The van der Waals surface area contributed by atoms with Gasteiger partial charge < -0.3 is 9.80 Å². The number of aryl methyl sites for hydroxylation is 2. The molecule has 1 saturated heterocycles. The van der Waals surface area contributed by atoms with Crippen molar-refractivity contribution < 1.29 is 9.59 Å². The predicted molar refractivity (Wildman–Crippen MR) is 94.6 cm³/mol. The Balaban J connectivity index is 1.39. The molecule has 2 aliphatic rings. The maximum absolute atomic E-state index is 12.7. The summed E-state index contributed by atoms with van der Waals surface area (Å²) in [5.74, 6) is 0.180. The molecule has 0 bridgehead atoms. The maximum atomic E-state index is 12.7. The van der Waals surface area contributed by atoms with Gasteiger partial charge in [-0.15, -0.1) is 11.3 Å². The first-order chi connectivity index (χ1) is 11.7. The molecule has 24 heavy (non-hydrogen) atoms. The molecule has 4 nitrogen and oxygen atoms in total. The highest BCUT2D eigenvalue weighted by Gasteiger charge is 2.27. The van der Waals surface area contributed by atoms with Gasteiger partial charge in [0, 0.05) is 36.6 Å². The minimum Gasteiger partial charge on any atom is -0.335 e. The van der Waals surface area contributed by atoms with Crippen molar-refractivity contribution in [2.45, 2.75) is 19.3 Å². The van der Waals surface area contributed by atoms with E-state index in [2.05, 4.69) is 6.07 Å². The second-order valence-corrected chi connectivity index (χ2v) is 7.50. The standard InChI is InChI=1S/C19H20N2O2S/c22-18(14-5-2-1-3-6-14)20-9-11-21(12-10-20)19(23)17-13-15-7-4-8-16(15)24-17/h1-3,5-6,13H,4,7-12H2. The van der Waals surface area contributed by atoms with E-state index in [4.69, 9.17) is 0 Å². The van der Waals surface area contributed by atoms with Crippen LogP contribution in [-0.4, -0.2) is 47.8 Å². The summed E-state index contributed by atoms with van der Waals surface area (Å²) >= 11 is 1.66. The molecule has 0 spiro atoms. The molecule has 1 aromatic carbocycles. The molecule has 1 aliphatic heterocycles. The summed E-state index contributed by atoms with van der Waals surface area (Å²) in [6.07, 6.45) is 3.45. The number of fused-ring (bicyclic) bond motifs is 1. The largest absolute Gasteiger partial charge is 0.335 e. The monoisotopic (exact) mass is 340 g/mol. The number of hydrogen-bond acceptors (Lipinski definition) is 3. The van der Waals surface area contributed by atoms with Crippen molar-refractivity contribution in [3.63, 3.8) is 0 Å². The Morgan fingerprint density at radius 3 is 2.21 bits per heavy atom. The molecule has 0 radical (unpaired) electrons. The van der Waals surface area contributed by atoms with Crippen LogP contribution in [0.1, 0.15) is 36.9 Å². The zero-order valence-corrected chi connectivity index (χ0v) is 14.3. The number of nitrogens with zero attached hydrogens (tertiary/aromatic N) is 2. The Bertz CT molecular complexity index is 739. The van der Waals surface area contributed by atoms with Gasteiger partial charge in [-0.2, -0.15) is 0 Å². The first kappa shape index (κ1) is 15.4. The van der Waals surface area contributed by atoms with Gasteiger partial charge in [0.25, 0.3) is 11.8 Å². The fraction of sp³-hybridized carbons (Fsp3) is 0.368. The van der Waals surface area contributed by atoms with Gasteiger partial charge in [0.15, 0.2) is 0 Å². The summed E-state index contributed by atoms with van der Waals surface area (Å²) in [5, 5.41) is 0. The average Bonchev–Trinajstić information content (AvgIpc) is 3.23. The lowest BCUT2D eigenvalue weighted by Crippen LogP contribution is -2.50. The zero-order chi connectivity index (χ0) is 16.5. The van der Waals surface area contributed by atoms with Crippen molar-refractivity contribution in [1.29, 1.82) is 0 Å². The smallest absolute Gasteiger partial charge is 0.264 e. The van der Waals surface area contributed by atoms with Crippen LogP contribution in [0.3, 0.4) is 0 Å². The minimum atomic E-state index is 0.0535. The van der Waals surface area contributed by atoms with Gasteiger partial charge in [-0.05, 0) is 43.0 Å². The molecule has 1 fully saturated rings. The molecule has 5 heteroatoms. The highest BCUT2D eigenvalue weighted by atomic mass is 32.1. The number of amides is 2. The van der Waals surface area contributed by atoms with Crippen LogP contribution in [0.25, 0.3) is 0 Å². The topological polar surface area (TPSA) is 40.6 Å². The summed E-state index contributed by atoms with van der Waals surface area (Å²) in [6.45, 7) is 2.43. The van der Waals surface area contributed by atoms with Gasteiger partial charge in [-0.25, -0.2) is 0 Å². The van der Waals surface area contributed by atoms with Crippen LogP contribution >= 0.6 is 11.3 Å². The van der Waals surface area contributed by atoms with E-state index in [0.717, 1.165) is 17.7 Å². The van der Waals surface area contributed by atoms with E-state index in [1.54, 1.807) is 11.3 Å². The van der Waals surface area contributed by atoms with E-state index in [-0.39, 0.29) is 11.8 Å². The zero-order valence-electron chi connectivity index (χ0n) is 13.5. The number of benzene rings is 1. The number of hydrogen-bond donors (Lipinski definition) is 0. The van der Waals surface area contributed by atoms with Crippen molar-refractivity contribution in [3.05, 3.63) is 57.3 Å². The van der Waals surface area contributed by atoms with Gasteiger partial charge in [0.2, 0.25) is 0 Å². The fourth-order valence-electron chi connectivity index (χ4n) is 3.47. The second kappa shape index (κ2) is 6.40. The summed E-state index contributed by atoms with van der Waals surface area (Å²) in [4.78, 5) is 31.1. The highest BCUT2D eigenvalue weighted by molar-refractivity contribution is 7.14. The second-order valence-electron chi connectivity index (χ2n) is 6.36. The number of carbonyl (C=O) groups is 2. The lowest BCUT2D eigenvalue weighted by Gasteiger charge is -2.34. The Morgan fingerprint density at radius 2 is 1.54 bits per heavy atom. The Kier molecular flexibility index (Phi) is 4.10. The highest BCUT2D eigenvalue weighted by Crippen LogP contribution is 2.31. The van der Waals surface area contributed by atoms with Gasteiger partial charge in [-0.1, -0.05) is 18.2 Å². The van der Waals surface area contributed by atoms with E-state index in [1.165, 1.54) is 16.9 Å². The van der Waals surface area contributed by atoms with Crippen LogP contribution in [-0.2, 0) is 12.8 Å². The van der Waals surface area contributed by atoms with E-state index in [9.17, 15) is 9.59 Å². The third kappa shape index (κ3) is 2.84. The Labute approximate surface area is 145 Å². The lowest BCUT2D eigenvalue weighted by molar-refractivity contribution is 0.0538. The quantitative estimate of drug-likeness (QED) is 0.843. The van der Waals surface area contributed by atoms with Crippen LogP contribution in [0.15, 0.2) is 36.4 Å². The first-order valence-corrected chi connectivity index (χ1v) is 9.29. The van der Waals surface area contributed by atoms with Gasteiger partial charge in [0.1, 0.15) is 0 Å². The molecule has 2 aromatic rings. The third-order valence-corrected chi connectivity index (χ3v) is 6.06. The third-order valence-electron chi connectivity index (χ3n) is 4.83. The summed E-state index contributed by atoms with van der Waals surface area (Å²) in [6, 6.07) is 11.4. The molecule has 0 N–H and O–H groups in total. The van der Waals surface area contributed by atoms with E-state index < -0.39 is 0 Å². The van der Waals surface area contributed by atoms with Crippen molar-refractivity contribution in [1.82, 2.24) is 9.80 Å². The number of thiophene rings is 1. The SMILES string of the molecule is O=C(c1ccccc1)N1CCN(C(=O)c2cc3c(s2)CCC3)CC1. The molecule has 0 atom stereocenters. The first-order valence-electron chi connectivity index (χ1n) is 8.47. The molecule has 124 valence electrons. The Hall–Kier alpha value is -2.14. The van der Waals surface area contributed by atoms with Crippen LogP contribution in [0, 0.1) is 0 Å². The van der Waals surface area contributed by atoms with Crippen LogP contribution in [0.2, 0.25) is 0 Å². The van der Waals surface area contributed by atoms with E-state index in [0.29, 0.717) is 31.7 Å². The van der Waals surface area contributed by atoms with Gasteiger partial charge in [-0.3, -0.25) is 9.59 Å². The van der Waals surface area contributed by atoms with Gasteiger partial charge >= 0.3 is 0 Å². The molecular weight excluding hydrogens is 320 g/mol. The fourth-order valence-corrected chi connectivity index (χ4v) is 4.69. The van der Waals surface area contributed by atoms with Crippen molar-refractivity contribution in [2.75, 3.05) is 26.2 Å². The Morgan fingerprint density at radius 1 is 0.875 bits per heavy atom. The van der Waals surface area contributed by atoms with E-state index in [1.807, 2.05) is 40.1 Å². The molecule has 0 unspecified atom stereocenters. The van der Waals surface area contributed by atoms with Crippen molar-refractivity contribution in [2.24, 2.45) is 0 Å². The van der Waals surface area contributed by atoms with Crippen LogP contribution in [0.4, 0.5) is 0 Å². The molecule has 1 aromatic heterocycles. The van der Waals surface area contributed by atoms with Crippen molar-refractivity contribution >= 4 is 23.2 Å². The molecule has 2 amide bonds. The molecule has 1 aliphatic carbocycles.